The normalized spacial score (nSPS) is 15.9. The van der Waals surface area contributed by atoms with Gasteiger partial charge in [0.25, 0.3) is 0 Å². The van der Waals surface area contributed by atoms with E-state index in [2.05, 4.69) is 16.4 Å². The Hall–Kier alpha value is -3.51. The Morgan fingerprint density at radius 2 is 1.72 bits per heavy atom. The van der Waals surface area contributed by atoms with Gasteiger partial charge in [0.2, 0.25) is 11.8 Å². The van der Waals surface area contributed by atoms with Gasteiger partial charge >= 0.3 is 0 Å². The van der Waals surface area contributed by atoms with Crippen LogP contribution in [-0.2, 0) is 22.6 Å². The van der Waals surface area contributed by atoms with Crippen molar-refractivity contribution in [3.05, 3.63) is 95.0 Å². The van der Waals surface area contributed by atoms with Crippen molar-refractivity contribution >= 4 is 39.1 Å². The van der Waals surface area contributed by atoms with Gasteiger partial charge in [-0.3, -0.25) is 9.59 Å². The third kappa shape index (κ3) is 4.55. The van der Waals surface area contributed by atoms with Gasteiger partial charge in [0.1, 0.15) is 0 Å². The fourth-order valence-corrected chi connectivity index (χ4v) is 5.03. The summed E-state index contributed by atoms with van der Waals surface area (Å²) in [6, 6.07) is 25.9. The first kappa shape index (κ1) is 20.4. The average Bonchev–Trinajstić information content (AvgIpc) is 3.38. The largest absolute Gasteiger partial charge is 0.338 e. The van der Waals surface area contributed by atoms with Crippen molar-refractivity contribution in [1.29, 1.82) is 0 Å². The van der Waals surface area contributed by atoms with E-state index in [4.69, 9.17) is 0 Å². The summed E-state index contributed by atoms with van der Waals surface area (Å²) in [7, 11) is 0. The van der Waals surface area contributed by atoms with Crippen LogP contribution in [-0.4, -0.2) is 28.2 Å². The molecule has 0 aliphatic carbocycles. The van der Waals surface area contributed by atoms with Gasteiger partial charge in [-0.1, -0.05) is 54.6 Å². The van der Waals surface area contributed by atoms with Crippen molar-refractivity contribution < 1.29 is 9.59 Å². The lowest BCUT2D eigenvalue weighted by molar-refractivity contribution is -0.128. The van der Waals surface area contributed by atoms with Crippen LogP contribution in [0.15, 0.2) is 78.9 Å². The second-order valence-electron chi connectivity index (χ2n) is 8.10. The van der Waals surface area contributed by atoms with E-state index >= 15 is 0 Å². The molecular weight excluding hydrogens is 418 g/mol. The summed E-state index contributed by atoms with van der Waals surface area (Å²) in [4.78, 5) is 31.6. The molecule has 6 heteroatoms. The van der Waals surface area contributed by atoms with Crippen LogP contribution >= 0.6 is 11.3 Å². The summed E-state index contributed by atoms with van der Waals surface area (Å²) in [5.41, 5.74) is 4.00. The number of benzene rings is 3. The van der Waals surface area contributed by atoms with E-state index in [-0.39, 0.29) is 24.2 Å². The van der Waals surface area contributed by atoms with E-state index in [0.29, 0.717) is 13.1 Å². The van der Waals surface area contributed by atoms with Crippen LogP contribution < -0.4 is 5.32 Å². The topological polar surface area (TPSA) is 62.3 Å². The van der Waals surface area contributed by atoms with Crippen LogP contribution in [0.3, 0.4) is 0 Å². The van der Waals surface area contributed by atoms with Crippen molar-refractivity contribution in [2.45, 2.75) is 19.4 Å². The second-order valence-corrected chi connectivity index (χ2v) is 9.21. The van der Waals surface area contributed by atoms with Crippen LogP contribution in [0, 0.1) is 5.92 Å². The average molecular weight is 442 g/mol. The summed E-state index contributed by atoms with van der Waals surface area (Å²) in [6.07, 6.45) is 1.02. The number of carbonyl (C=O) groups is 2. The number of thiazole rings is 1. The van der Waals surface area contributed by atoms with Gasteiger partial charge in [0, 0.05) is 31.6 Å². The molecule has 1 fully saturated rings. The van der Waals surface area contributed by atoms with Crippen LogP contribution in [0.1, 0.15) is 22.6 Å². The molecule has 2 amide bonds. The number of anilines is 1. The van der Waals surface area contributed by atoms with Gasteiger partial charge < -0.3 is 10.2 Å². The summed E-state index contributed by atoms with van der Waals surface area (Å²) < 4.78 is 1.19. The maximum atomic E-state index is 12.7. The van der Waals surface area contributed by atoms with Crippen molar-refractivity contribution in [1.82, 2.24) is 9.88 Å². The predicted molar refractivity (Wildman–Crippen MR) is 127 cm³/mol. The number of rotatable bonds is 6. The molecule has 4 aromatic rings. The first-order valence-electron chi connectivity index (χ1n) is 10.7. The molecule has 1 unspecified atom stereocenters. The summed E-state index contributed by atoms with van der Waals surface area (Å²) in [6.45, 7) is 0.999. The molecule has 160 valence electrons. The Bertz CT molecular complexity index is 1220. The summed E-state index contributed by atoms with van der Waals surface area (Å²) in [5.74, 6) is -0.401. The first-order valence-corrected chi connectivity index (χ1v) is 11.5. The number of likely N-dealkylation sites (tertiary alicyclic amines) is 1. The molecule has 0 saturated carbocycles. The monoisotopic (exact) mass is 441 g/mol. The first-order chi connectivity index (χ1) is 15.6. The van der Waals surface area contributed by atoms with E-state index in [1.807, 2.05) is 72.8 Å². The van der Waals surface area contributed by atoms with Gasteiger partial charge in [0.15, 0.2) is 0 Å². The molecule has 1 saturated heterocycles. The molecule has 3 aromatic carbocycles. The van der Waals surface area contributed by atoms with Crippen molar-refractivity contribution in [2.75, 3.05) is 11.9 Å². The highest BCUT2D eigenvalue weighted by atomic mass is 32.1. The molecule has 1 aliphatic rings. The minimum Gasteiger partial charge on any atom is -0.338 e. The number of aromatic nitrogens is 1. The highest BCUT2D eigenvalue weighted by molar-refractivity contribution is 7.18. The molecule has 1 N–H and O–H groups in total. The smallest absolute Gasteiger partial charge is 0.229 e. The third-order valence-corrected chi connectivity index (χ3v) is 6.75. The van der Waals surface area contributed by atoms with Gasteiger partial charge in [-0.15, -0.1) is 11.3 Å². The lowest BCUT2D eigenvalue weighted by atomic mass is 10.1. The van der Waals surface area contributed by atoms with E-state index in [0.717, 1.165) is 33.8 Å². The highest BCUT2D eigenvalue weighted by Gasteiger charge is 2.34. The number of carbonyl (C=O) groups excluding carboxylic acids is 2. The Morgan fingerprint density at radius 1 is 0.969 bits per heavy atom. The fourth-order valence-electron chi connectivity index (χ4n) is 4.02. The molecule has 0 radical (unpaired) electrons. The number of fused-ring (bicyclic) bond motifs is 1. The van der Waals surface area contributed by atoms with Gasteiger partial charge in [-0.2, -0.15) is 0 Å². The number of amides is 2. The van der Waals surface area contributed by atoms with Crippen molar-refractivity contribution in [3.63, 3.8) is 0 Å². The highest BCUT2D eigenvalue weighted by Crippen LogP contribution is 2.25. The Labute approximate surface area is 190 Å². The van der Waals surface area contributed by atoms with Crippen molar-refractivity contribution in [2.24, 2.45) is 5.92 Å². The van der Waals surface area contributed by atoms with Crippen LogP contribution in [0.25, 0.3) is 10.2 Å². The van der Waals surface area contributed by atoms with E-state index in [9.17, 15) is 9.59 Å². The Kier molecular flexibility index (Phi) is 5.69. The second kappa shape index (κ2) is 8.93. The molecule has 1 atom stereocenters. The predicted octanol–water partition coefficient (Wildman–Crippen LogP) is 4.87. The Morgan fingerprint density at radius 3 is 2.50 bits per heavy atom. The SMILES string of the molecule is O=C(Nc1ccc(Cc2nc3ccccc3s2)cc1)C1CC(=O)N(Cc2ccccc2)C1. The van der Waals surface area contributed by atoms with Gasteiger partial charge in [0.05, 0.1) is 21.1 Å². The molecule has 0 bridgehead atoms. The Balaban J connectivity index is 1.18. The van der Waals surface area contributed by atoms with E-state index in [1.54, 1.807) is 16.2 Å². The number of nitrogens with one attached hydrogen (secondary N) is 1. The standard InChI is InChI=1S/C26H23N3O2S/c30-25-15-20(17-29(25)16-19-6-2-1-3-7-19)26(31)27-21-12-10-18(11-13-21)14-24-28-22-8-4-5-9-23(22)32-24/h1-13,20H,14-17H2,(H,27,31). The lowest BCUT2D eigenvalue weighted by Crippen LogP contribution is -2.28. The lowest BCUT2D eigenvalue weighted by Gasteiger charge is -2.16. The molecule has 0 spiro atoms. The van der Waals surface area contributed by atoms with Crippen LogP contribution in [0.2, 0.25) is 0 Å². The molecule has 1 aromatic heterocycles. The molecule has 32 heavy (non-hydrogen) atoms. The van der Waals surface area contributed by atoms with Crippen LogP contribution in [0.4, 0.5) is 5.69 Å². The van der Waals surface area contributed by atoms with Crippen LogP contribution in [0.5, 0.6) is 0 Å². The number of para-hydroxylation sites is 1. The molecular formula is C26H23N3O2S. The zero-order chi connectivity index (χ0) is 21.9. The number of hydrogen-bond acceptors (Lipinski definition) is 4. The maximum Gasteiger partial charge on any atom is 0.229 e. The zero-order valence-corrected chi connectivity index (χ0v) is 18.3. The minimum atomic E-state index is -0.325. The van der Waals surface area contributed by atoms with Gasteiger partial charge in [-0.25, -0.2) is 4.98 Å². The molecule has 2 heterocycles. The fraction of sp³-hybridized carbons (Fsp3) is 0.192. The minimum absolute atomic E-state index is 0.0279. The van der Waals surface area contributed by atoms with E-state index < -0.39 is 0 Å². The summed E-state index contributed by atoms with van der Waals surface area (Å²) in [5, 5.41) is 4.05. The molecule has 5 rings (SSSR count). The zero-order valence-electron chi connectivity index (χ0n) is 17.5. The maximum absolute atomic E-state index is 12.7. The van der Waals surface area contributed by atoms with E-state index in [1.165, 1.54) is 4.70 Å². The molecule has 1 aliphatic heterocycles. The third-order valence-electron chi connectivity index (χ3n) is 5.72. The molecule has 5 nitrogen and oxygen atoms in total. The van der Waals surface area contributed by atoms with Gasteiger partial charge in [-0.05, 0) is 35.4 Å². The van der Waals surface area contributed by atoms with Crippen molar-refractivity contribution in [3.8, 4) is 0 Å². The quantitative estimate of drug-likeness (QED) is 0.464. The number of nitrogens with zero attached hydrogens (tertiary/aromatic N) is 2. The number of hydrogen-bond donors (Lipinski definition) is 1. The summed E-state index contributed by atoms with van der Waals surface area (Å²) >= 11 is 1.71.